The summed E-state index contributed by atoms with van der Waals surface area (Å²) in [7, 11) is 0. The van der Waals surface area contributed by atoms with E-state index in [0.717, 1.165) is 6.54 Å². The van der Waals surface area contributed by atoms with Crippen molar-refractivity contribution in [2.45, 2.75) is 26.8 Å². The molecule has 6 heteroatoms. The maximum atomic E-state index is 11.7. The minimum Gasteiger partial charge on any atom is -0.491 e. The second-order valence-electron chi connectivity index (χ2n) is 5.01. The minimum atomic E-state index is 0.0244. The normalized spacial score (nSPS) is 11.0. The van der Waals surface area contributed by atoms with Gasteiger partial charge in [-0.15, -0.1) is 0 Å². The largest absolute Gasteiger partial charge is 0.491 e. The number of hydrogen-bond donors (Lipinski definition) is 1. The van der Waals surface area contributed by atoms with Gasteiger partial charge >= 0.3 is 0 Å². The minimum absolute atomic E-state index is 0.0244. The molecule has 0 aromatic heterocycles. The Hall–Kier alpha value is -0.970. The number of halogens is 2. The van der Waals surface area contributed by atoms with Gasteiger partial charge in [0.2, 0.25) is 5.91 Å². The number of nitrogens with one attached hydrogen (secondary N) is 1. The van der Waals surface area contributed by atoms with Crippen LogP contribution in [0.5, 0.6) is 5.75 Å². The summed E-state index contributed by atoms with van der Waals surface area (Å²) in [6.45, 7) is 8.16. The first-order valence-electron chi connectivity index (χ1n) is 7.02. The van der Waals surface area contributed by atoms with E-state index in [1.165, 1.54) is 0 Å². The van der Waals surface area contributed by atoms with Crippen molar-refractivity contribution in [3.63, 3.8) is 0 Å². The molecular formula is C15H22Cl2N2O2. The Kier molecular flexibility index (Phi) is 7.86. The molecule has 21 heavy (non-hydrogen) atoms. The van der Waals surface area contributed by atoms with Crippen LogP contribution in [0.15, 0.2) is 18.2 Å². The van der Waals surface area contributed by atoms with Crippen molar-refractivity contribution in [2.24, 2.45) is 0 Å². The average molecular weight is 333 g/mol. The third-order valence-electron chi connectivity index (χ3n) is 2.82. The Morgan fingerprint density at radius 2 is 2.10 bits per heavy atom. The van der Waals surface area contributed by atoms with E-state index in [2.05, 4.69) is 5.32 Å². The third kappa shape index (κ3) is 7.02. The molecule has 118 valence electrons. The van der Waals surface area contributed by atoms with Crippen LogP contribution in [-0.2, 0) is 4.79 Å². The molecule has 0 heterocycles. The summed E-state index contributed by atoms with van der Waals surface area (Å²) in [5.41, 5.74) is 0. The number of amides is 1. The fourth-order valence-corrected chi connectivity index (χ4v) is 2.26. The van der Waals surface area contributed by atoms with Crippen molar-refractivity contribution in [3.05, 3.63) is 28.2 Å². The number of carbonyl (C=O) groups excluding carboxylic acids is 1. The third-order valence-corrected chi connectivity index (χ3v) is 3.35. The molecule has 1 N–H and O–H groups in total. The van der Waals surface area contributed by atoms with Crippen LogP contribution < -0.4 is 10.1 Å². The van der Waals surface area contributed by atoms with Gasteiger partial charge in [0.25, 0.3) is 0 Å². The van der Waals surface area contributed by atoms with Gasteiger partial charge in [-0.2, -0.15) is 0 Å². The lowest BCUT2D eigenvalue weighted by Crippen LogP contribution is -2.41. The molecule has 4 nitrogen and oxygen atoms in total. The smallest absolute Gasteiger partial charge is 0.234 e. The molecule has 0 saturated heterocycles. The van der Waals surface area contributed by atoms with E-state index in [1.807, 2.05) is 25.7 Å². The van der Waals surface area contributed by atoms with Crippen LogP contribution in [-0.4, -0.2) is 43.1 Å². The summed E-state index contributed by atoms with van der Waals surface area (Å²) >= 11 is 11.9. The molecule has 0 aliphatic rings. The van der Waals surface area contributed by atoms with E-state index < -0.39 is 0 Å². The van der Waals surface area contributed by atoms with Crippen molar-refractivity contribution in [2.75, 3.05) is 26.2 Å². The lowest BCUT2D eigenvalue weighted by molar-refractivity contribution is -0.122. The summed E-state index contributed by atoms with van der Waals surface area (Å²) in [4.78, 5) is 13.7. The number of benzene rings is 1. The summed E-state index contributed by atoms with van der Waals surface area (Å²) in [5, 5.41) is 3.94. The summed E-state index contributed by atoms with van der Waals surface area (Å²) in [6, 6.07) is 5.27. The van der Waals surface area contributed by atoms with E-state index in [0.29, 0.717) is 35.5 Å². The maximum Gasteiger partial charge on any atom is 0.234 e. The SMILES string of the molecule is CCN(CCOc1ccc(Cl)cc1Cl)CC(=O)NC(C)C. The van der Waals surface area contributed by atoms with Crippen LogP contribution >= 0.6 is 23.2 Å². The standard InChI is InChI=1S/C15H22Cl2N2O2/c1-4-19(10-15(20)18-11(2)3)7-8-21-14-6-5-12(16)9-13(14)17/h5-6,9,11H,4,7-8,10H2,1-3H3,(H,18,20). The number of carbonyl (C=O) groups is 1. The fourth-order valence-electron chi connectivity index (χ4n) is 1.80. The van der Waals surface area contributed by atoms with Gasteiger partial charge in [-0.3, -0.25) is 9.69 Å². The van der Waals surface area contributed by atoms with Crippen LogP contribution in [0.4, 0.5) is 0 Å². The first-order chi connectivity index (χ1) is 9.92. The van der Waals surface area contributed by atoms with Crippen molar-refractivity contribution in [1.29, 1.82) is 0 Å². The van der Waals surface area contributed by atoms with Gasteiger partial charge in [-0.05, 0) is 38.6 Å². The van der Waals surface area contributed by atoms with E-state index in [4.69, 9.17) is 27.9 Å². The molecule has 1 aromatic rings. The number of ether oxygens (including phenoxy) is 1. The molecule has 0 atom stereocenters. The van der Waals surface area contributed by atoms with Gasteiger partial charge in [0.05, 0.1) is 11.6 Å². The van der Waals surface area contributed by atoms with E-state index >= 15 is 0 Å². The quantitative estimate of drug-likeness (QED) is 0.794. The summed E-state index contributed by atoms with van der Waals surface area (Å²) in [5.74, 6) is 0.625. The van der Waals surface area contributed by atoms with Crippen molar-refractivity contribution >= 4 is 29.1 Å². The average Bonchev–Trinajstić information content (AvgIpc) is 2.39. The van der Waals surface area contributed by atoms with Crippen molar-refractivity contribution in [3.8, 4) is 5.75 Å². The van der Waals surface area contributed by atoms with Gasteiger partial charge in [-0.25, -0.2) is 0 Å². The lowest BCUT2D eigenvalue weighted by Gasteiger charge is -2.21. The predicted molar refractivity (Wildman–Crippen MR) is 87.3 cm³/mol. The first kappa shape index (κ1) is 18.1. The zero-order valence-electron chi connectivity index (χ0n) is 12.7. The molecular weight excluding hydrogens is 311 g/mol. The van der Waals surface area contributed by atoms with E-state index in [9.17, 15) is 4.79 Å². The molecule has 0 bridgehead atoms. The fraction of sp³-hybridized carbons (Fsp3) is 0.533. The monoisotopic (exact) mass is 332 g/mol. The van der Waals surface area contributed by atoms with Crippen LogP contribution in [0, 0.1) is 0 Å². The number of rotatable bonds is 8. The highest BCUT2D eigenvalue weighted by atomic mass is 35.5. The Bertz CT molecular complexity index is 467. The molecule has 1 aromatic carbocycles. The molecule has 1 rings (SSSR count). The Balaban J connectivity index is 2.39. The summed E-state index contributed by atoms with van der Waals surface area (Å²) in [6.07, 6.45) is 0. The van der Waals surface area contributed by atoms with E-state index in [1.54, 1.807) is 18.2 Å². The maximum absolute atomic E-state index is 11.7. The molecule has 0 spiro atoms. The second-order valence-corrected chi connectivity index (χ2v) is 5.86. The molecule has 0 unspecified atom stereocenters. The highest BCUT2D eigenvalue weighted by Crippen LogP contribution is 2.27. The Morgan fingerprint density at radius 1 is 1.38 bits per heavy atom. The van der Waals surface area contributed by atoms with Gasteiger partial charge in [0, 0.05) is 17.6 Å². The highest BCUT2D eigenvalue weighted by Gasteiger charge is 2.10. The van der Waals surface area contributed by atoms with Gasteiger partial charge < -0.3 is 10.1 Å². The zero-order valence-corrected chi connectivity index (χ0v) is 14.2. The Morgan fingerprint density at radius 3 is 2.67 bits per heavy atom. The zero-order chi connectivity index (χ0) is 15.8. The van der Waals surface area contributed by atoms with Gasteiger partial charge in [-0.1, -0.05) is 30.1 Å². The van der Waals surface area contributed by atoms with Crippen LogP contribution in [0.25, 0.3) is 0 Å². The number of nitrogens with zero attached hydrogens (tertiary/aromatic N) is 1. The number of hydrogen-bond acceptors (Lipinski definition) is 3. The Labute approximate surface area is 136 Å². The topological polar surface area (TPSA) is 41.6 Å². The lowest BCUT2D eigenvalue weighted by atomic mass is 10.3. The van der Waals surface area contributed by atoms with Gasteiger partial charge in [0.15, 0.2) is 0 Å². The van der Waals surface area contributed by atoms with Crippen LogP contribution in [0.1, 0.15) is 20.8 Å². The first-order valence-corrected chi connectivity index (χ1v) is 7.77. The molecule has 0 aliphatic heterocycles. The molecule has 0 aliphatic carbocycles. The van der Waals surface area contributed by atoms with Crippen molar-refractivity contribution < 1.29 is 9.53 Å². The summed E-state index contributed by atoms with van der Waals surface area (Å²) < 4.78 is 5.62. The predicted octanol–water partition coefficient (Wildman–Crippen LogP) is 3.22. The molecule has 0 fully saturated rings. The second kappa shape index (κ2) is 9.13. The molecule has 0 saturated carbocycles. The molecule has 0 radical (unpaired) electrons. The highest BCUT2D eigenvalue weighted by molar-refractivity contribution is 6.35. The van der Waals surface area contributed by atoms with Crippen LogP contribution in [0.3, 0.4) is 0 Å². The number of likely N-dealkylation sites (N-methyl/N-ethyl adjacent to an activating group) is 1. The van der Waals surface area contributed by atoms with E-state index in [-0.39, 0.29) is 11.9 Å². The van der Waals surface area contributed by atoms with Crippen LogP contribution in [0.2, 0.25) is 10.0 Å². The molecule has 1 amide bonds. The van der Waals surface area contributed by atoms with Gasteiger partial charge in [0.1, 0.15) is 12.4 Å². The van der Waals surface area contributed by atoms with Crippen molar-refractivity contribution in [1.82, 2.24) is 10.2 Å².